The number of ether oxygens (including phenoxy) is 1. The smallest absolute Gasteiger partial charge is 0.141 e. The van der Waals surface area contributed by atoms with Crippen molar-refractivity contribution in [1.82, 2.24) is 0 Å². The molecular weight excluding hydrogens is 302 g/mol. The number of benzene rings is 2. The Balaban J connectivity index is 2.28. The summed E-state index contributed by atoms with van der Waals surface area (Å²) in [4.78, 5) is 0. The average molecular weight is 320 g/mol. The maximum absolute atomic E-state index is 5.92. The summed E-state index contributed by atoms with van der Waals surface area (Å²) in [6.45, 7) is 6.09. The van der Waals surface area contributed by atoms with E-state index in [4.69, 9.17) is 10.5 Å². The minimum Gasteiger partial charge on any atom is -0.456 e. The summed E-state index contributed by atoms with van der Waals surface area (Å²) in [5.74, 6) is 1.65. The maximum Gasteiger partial charge on any atom is 0.141 e. The number of hydrogen-bond donors (Lipinski definition) is 1. The summed E-state index contributed by atoms with van der Waals surface area (Å²) in [6, 6.07) is 12.1. The zero-order valence-electron chi connectivity index (χ0n) is 11.4. The van der Waals surface area contributed by atoms with Crippen molar-refractivity contribution in [1.29, 1.82) is 0 Å². The third kappa shape index (κ3) is 3.58. The summed E-state index contributed by atoms with van der Waals surface area (Å²) >= 11 is 3.53. The third-order valence-electron chi connectivity index (χ3n) is 2.90. The second kappa shape index (κ2) is 5.76. The van der Waals surface area contributed by atoms with Crippen LogP contribution in [-0.2, 0) is 0 Å². The third-order valence-corrected chi connectivity index (χ3v) is 3.52. The molecule has 0 aromatic heterocycles. The molecule has 19 heavy (non-hydrogen) atoms. The Morgan fingerprint density at radius 1 is 1.05 bits per heavy atom. The summed E-state index contributed by atoms with van der Waals surface area (Å²) in [5, 5.41) is 0. The minimum atomic E-state index is 0.0200. The fraction of sp³-hybridized carbons (Fsp3) is 0.250. The van der Waals surface area contributed by atoms with Crippen LogP contribution in [0.2, 0.25) is 0 Å². The lowest BCUT2D eigenvalue weighted by Gasteiger charge is -2.12. The van der Waals surface area contributed by atoms with Gasteiger partial charge >= 0.3 is 0 Å². The number of aryl methyl sites for hydroxylation is 2. The predicted octanol–water partition coefficient (Wildman–Crippen LogP) is 4.88. The Kier molecular flexibility index (Phi) is 4.27. The van der Waals surface area contributed by atoms with Gasteiger partial charge in [-0.2, -0.15) is 0 Å². The molecule has 0 saturated heterocycles. The summed E-state index contributed by atoms with van der Waals surface area (Å²) in [7, 11) is 0. The quantitative estimate of drug-likeness (QED) is 0.875. The molecule has 3 heteroatoms. The first kappa shape index (κ1) is 14.1. The van der Waals surface area contributed by atoms with Gasteiger partial charge < -0.3 is 10.5 Å². The van der Waals surface area contributed by atoms with Gasteiger partial charge in [-0.3, -0.25) is 0 Å². The van der Waals surface area contributed by atoms with Crippen LogP contribution in [0.5, 0.6) is 11.5 Å². The van der Waals surface area contributed by atoms with E-state index in [2.05, 4.69) is 35.8 Å². The van der Waals surface area contributed by atoms with Crippen LogP contribution in [-0.4, -0.2) is 0 Å². The molecule has 0 aliphatic carbocycles. The van der Waals surface area contributed by atoms with E-state index >= 15 is 0 Å². The topological polar surface area (TPSA) is 35.2 Å². The maximum atomic E-state index is 5.92. The highest BCUT2D eigenvalue weighted by Crippen LogP contribution is 2.32. The molecule has 0 unspecified atom stereocenters. The molecule has 2 aromatic carbocycles. The minimum absolute atomic E-state index is 0.0200. The summed E-state index contributed by atoms with van der Waals surface area (Å²) in [6.07, 6.45) is 0. The van der Waals surface area contributed by atoms with Crippen LogP contribution in [0.3, 0.4) is 0 Å². The van der Waals surface area contributed by atoms with Gasteiger partial charge in [-0.05, 0) is 77.7 Å². The molecule has 2 rings (SSSR count). The van der Waals surface area contributed by atoms with Crippen molar-refractivity contribution in [3.8, 4) is 11.5 Å². The molecule has 0 saturated carbocycles. The van der Waals surface area contributed by atoms with Crippen LogP contribution in [0.4, 0.5) is 0 Å². The van der Waals surface area contributed by atoms with Gasteiger partial charge in [0.05, 0.1) is 4.47 Å². The molecule has 0 aliphatic heterocycles. The van der Waals surface area contributed by atoms with Crippen LogP contribution in [0.1, 0.15) is 29.7 Å². The molecule has 0 amide bonds. The lowest BCUT2D eigenvalue weighted by Crippen LogP contribution is -2.04. The SMILES string of the molecule is Cc1cc(C)cc(Oc2ccc([C@H](C)N)cc2Br)c1. The number of halogens is 1. The second-order valence-electron chi connectivity index (χ2n) is 4.90. The van der Waals surface area contributed by atoms with Gasteiger partial charge in [0, 0.05) is 6.04 Å². The van der Waals surface area contributed by atoms with E-state index in [1.54, 1.807) is 0 Å². The van der Waals surface area contributed by atoms with Gasteiger partial charge in [0.1, 0.15) is 11.5 Å². The molecule has 0 heterocycles. The normalized spacial score (nSPS) is 12.3. The first-order valence-corrected chi connectivity index (χ1v) is 7.06. The number of rotatable bonds is 3. The number of hydrogen-bond acceptors (Lipinski definition) is 2. The molecule has 0 fully saturated rings. The van der Waals surface area contributed by atoms with Crippen molar-refractivity contribution in [2.24, 2.45) is 5.73 Å². The Morgan fingerprint density at radius 2 is 1.68 bits per heavy atom. The zero-order valence-corrected chi connectivity index (χ0v) is 13.0. The van der Waals surface area contributed by atoms with Crippen molar-refractivity contribution in [2.45, 2.75) is 26.8 Å². The van der Waals surface area contributed by atoms with E-state index in [-0.39, 0.29) is 6.04 Å². The Hall–Kier alpha value is -1.32. The van der Waals surface area contributed by atoms with Crippen LogP contribution in [0.25, 0.3) is 0 Å². The fourth-order valence-corrected chi connectivity index (χ4v) is 2.48. The highest BCUT2D eigenvalue weighted by molar-refractivity contribution is 9.10. The molecule has 1 atom stereocenters. The zero-order chi connectivity index (χ0) is 14.0. The highest BCUT2D eigenvalue weighted by atomic mass is 79.9. The molecule has 2 aromatic rings. The van der Waals surface area contributed by atoms with Crippen molar-refractivity contribution >= 4 is 15.9 Å². The van der Waals surface area contributed by atoms with Gasteiger partial charge in [0.15, 0.2) is 0 Å². The summed E-state index contributed by atoms with van der Waals surface area (Å²) < 4.78 is 6.84. The van der Waals surface area contributed by atoms with Crippen LogP contribution in [0, 0.1) is 13.8 Å². The van der Waals surface area contributed by atoms with Crippen LogP contribution in [0.15, 0.2) is 40.9 Å². The first-order valence-electron chi connectivity index (χ1n) is 6.27. The Labute approximate surface area is 122 Å². The molecule has 0 radical (unpaired) electrons. The Morgan fingerprint density at radius 3 is 2.21 bits per heavy atom. The molecular formula is C16H18BrNO. The van der Waals surface area contributed by atoms with Crippen molar-refractivity contribution in [3.63, 3.8) is 0 Å². The van der Waals surface area contributed by atoms with E-state index in [0.29, 0.717) is 0 Å². The van der Waals surface area contributed by atoms with E-state index < -0.39 is 0 Å². The van der Waals surface area contributed by atoms with Crippen LogP contribution < -0.4 is 10.5 Å². The lowest BCUT2D eigenvalue weighted by atomic mass is 10.1. The van der Waals surface area contributed by atoms with E-state index in [0.717, 1.165) is 21.5 Å². The fourth-order valence-electron chi connectivity index (χ4n) is 2.00. The second-order valence-corrected chi connectivity index (χ2v) is 5.76. The largest absolute Gasteiger partial charge is 0.456 e. The predicted molar refractivity (Wildman–Crippen MR) is 82.7 cm³/mol. The highest BCUT2D eigenvalue weighted by Gasteiger charge is 2.07. The van der Waals surface area contributed by atoms with E-state index in [1.807, 2.05) is 37.3 Å². The van der Waals surface area contributed by atoms with Gasteiger partial charge in [-0.15, -0.1) is 0 Å². The lowest BCUT2D eigenvalue weighted by molar-refractivity contribution is 0.478. The van der Waals surface area contributed by atoms with Gasteiger partial charge in [-0.25, -0.2) is 0 Å². The molecule has 2 N–H and O–H groups in total. The molecule has 0 spiro atoms. The molecule has 2 nitrogen and oxygen atoms in total. The number of nitrogens with two attached hydrogens (primary N) is 1. The van der Waals surface area contributed by atoms with Gasteiger partial charge in [0.2, 0.25) is 0 Å². The Bertz CT molecular complexity index is 573. The van der Waals surface area contributed by atoms with Crippen molar-refractivity contribution in [3.05, 3.63) is 57.6 Å². The van der Waals surface area contributed by atoms with Gasteiger partial charge in [0.25, 0.3) is 0 Å². The average Bonchev–Trinajstić information content (AvgIpc) is 2.30. The molecule has 100 valence electrons. The van der Waals surface area contributed by atoms with Crippen LogP contribution >= 0.6 is 15.9 Å². The van der Waals surface area contributed by atoms with Crippen molar-refractivity contribution < 1.29 is 4.74 Å². The standard InChI is InChI=1S/C16H18BrNO/c1-10-6-11(2)8-14(7-10)19-16-5-4-13(12(3)18)9-15(16)17/h4-9,12H,18H2,1-3H3/t12-/m0/s1. The monoisotopic (exact) mass is 319 g/mol. The molecule has 0 aliphatic rings. The van der Waals surface area contributed by atoms with Gasteiger partial charge in [-0.1, -0.05) is 12.1 Å². The van der Waals surface area contributed by atoms with E-state index in [9.17, 15) is 0 Å². The van der Waals surface area contributed by atoms with E-state index in [1.165, 1.54) is 11.1 Å². The first-order chi connectivity index (χ1) is 8.95. The molecule has 0 bridgehead atoms. The van der Waals surface area contributed by atoms with Crippen molar-refractivity contribution in [2.75, 3.05) is 0 Å². The summed E-state index contributed by atoms with van der Waals surface area (Å²) in [5.41, 5.74) is 9.33.